The second kappa shape index (κ2) is 7.95. The van der Waals surface area contributed by atoms with Crippen molar-refractivity contribution in [3.8, 4) is 0 Å². The van der Waals surface area contributed by atoms with Crippen molar-refractivity contribution in [1.82, 2.24) is 9.88 Å². The van der Waals surface area contributed by atoms with Gasteiger partial charge in [-0.1, -0.05) is 42.0 Å². The third-order valence-corrected chi connectivity index (χ3v) is 5.35. The van der Waals surface area contributed by atoms with E-state index in [2.05, 4.69) is 10.3 Å². The largest absolute Gasteiger partial charge is 0.350 e. The Morgan fingerprint density at radius 3 is 2.33 bits per heavy atom. The number of aromatic nitrogens is 1. The van der Waals surface area contributed by atoms with Crippen molar-refractivity contribution < 1.29 is 9.59 Å². The number of rotatable bonds is 5. The van der Waals surface area contributed by atoms with Crippen LogP contribution in [0, 0.1) is 20.8 Å². The lowest BCUT2D eigenvalue weighted by molar-refractivity contribution is -0.137. The first-order valence-electron chi connectivity index (χ1n) is 9.85. The highest BCUT2D eigenvalue weighted by Gasteiger charge is 2.39. The Labute approximate surface area is 176 Å². The van der Waals surface area contributed by atoms with Crippen LogP contribution in [0.4, 0.5) is 5.69 Å². The average molecular weight is 397 g/mol. The molecule has 0 atom stereocenters. The van der Waals surface area contributed by atoms with Crippen LogP contribution in [0.3, 0.4) is 0 Å². The molecule has 1 N–H and O–H groups in total. The summed E-state index contributed by atoms with van der Waals surface area (Å²) in [7, 11) is 0. The van der Waals surface area contributed by atoms with Gasteiger partial charge in [0.1, 0.15) is 5.70 Å². The summed E-state index contributed by atoms with van der Waals surface area (Å²) in [5.74, 6) is -0.642. The first kappa shape index (κ1) is 19.6. The molecule has 0 saturated carbocycles. The number of nitrogens with one attached hydrogen (secondary N) is 1. The summed E-state index contributed by atoms with van der Waals surface area (Å²) in [6, 6.07) is 17.2. The molecule has 2 amide bonds. The topological polar surface area (TPSA) is 62.3 Å². The second-order valence-electron chi connectivity index (χ2n) is 7.60. The minimum atomic E-state index is -0.336. The van der Waals surface area contributed by atoms with Crippen molar-refractivity contribution in [2.75, 3.05) is 5.32 Å². The molecular formula is C25H23N3O2. The molecule has 3 aromatic rings. The summed E-state index contributed by atoms with van der Waals surface area (Å²) in [6.45, 7) is 6.23. The number of hydrogen-bond donors (Lipinski definition) is 1. The van der Waals surface area contributed by atoms with Gasteiger partial charge in [0.05, 0.1) is 12.1 Å². The summed E-state index contributed by atoms with van der Waals surface area (Å²) in [5, 5.41) is 3.22. The Bertz CT molecular complexity index is 1150. The lowest BCUT2D eigenvalue weighted by atomic mass is 10.0. The van der Waals surface area contributed by atoms with Gasteiger partial charge in [0.2, 0.25) is 0 Å². The van der Waals surface area contributed by atoms with E-state index in [1.54, 1.807) is 18.5 Å². The van der Waals surface area contributed by atoms with Crippen molar-refractivity contribution in [3.05, 3.63) is 101 Å². The third kappa shape index (κ3) is 3.74. The number of imide groups is 1. The van der Waals surface area contributed by atoms with Crippen molar-refractivity contribution >= 4 is 23.1 Å². The van der Waals surface area contributed by atoms with E-state index in [9.17, 15) is 9.59 Å². The summed E-state index contributed by atoms with van der Waals surface area (Å²) < 4.78 is 0. The maximum Gasteiger partial charge on any atom is 0.278 e. The summed E-state index contributed by atoms with van der Waals surface area (Å²) in [6.07, 6.45) is 3.33. The predicted octanol–water partition coefficient (Wildman–Crippen LogP) is 4.40. The fraction of sp³-hybridized carbons (Fsp3) is 0.160. The Balaban J connectivity index is 1.75. The smallest absolute Gasteiger partial charge is 0.278 e. The van der Waals surface area contributed by atoms with Gasteiger partial charge in [-0.2, -0.15) is 0 Å². The van der Waals surface area contributed by atoms with E-state index >= 15 is 0 Å². The molecule has 150 valence electrons. The highest BCUT2D eigenvalue weighted by molar-refractivity contribution is 6.36. The van der Waals surface area contributed by atoms with Crippen molar-refractivity contribution in [1.29, 1.82) is 0 Å². The lowest BCUT2D eigenvalue weighted by Crippen LogP contribution is -2.32. The number of anilines is 1. The maximum atomic E-state index is 13.3. The van der Waals surface area contributed by atoms with Gasteiger partial charge < -0.3 is 5.32 Å². The Morgan fingerprint density at radius 1 is 0.900 bits per heavy atom. The van der Waals surface area contributed by atoms with E-state index in [1.165, 1.54) is 10.5 Å². The average Bonchev–Trinajstić information content (AvgIpc) is 2.96. The fourth-order valence-electron chi connectivity index (χ4n) is 3.46. The molecule has 0 bridgehead atoms. The number of carbonyl (C=O) groups excluding carboxylic acids is 2. The predicted molar refractivity (Wildman–Crippen MR) is 117 cm³/mol. The number of nitrogens with zero attached hydrogens (tertiary/aromatic N) is 2. The maximum absolute atomic E-state index is 13.3. The van der Waals surface area contributed by atoms with Crippen LogP contribution in [0.15, 0.2) is 72.7 Å². The Morgan fingerprint density at radius 2 is 1.67 bits per heavy atom. The number of aryl methyl sites for hydroxylation is 3. The van der Waals surface area contributed by atoms with E-state index in [0.29, 0.717) is 11.3 Å². The van der Waals surface area contributed by atoms with Crippen LogP contribution in [0.5, 0.6) is 0 Å². The molecule has 4 rings (SSSR count). The van der Waals surface area contributed by atoms with Crippen molar-refractivity contribution in [3.63, 3.8) is 0 Å². The van der Waals surface area contributed by atoms with Crippen LogP contribution in [-0.2, 0) is 16.1 Å². The third-order valence-electron chi connectivity index (χ3n) is 5.35. The number of amides is 2. The number of carbonyl (C=O) groups is 2. The van der Waals surface area contributed by atoms with E-state index in [4.69, 9.17) is 0 Å². The SMILES string of the molecule is Cc1ccc(C2=C(Nc3ccc(C)c(C)c3)C(=O)N(Cc3cccnc3)C2=O)cc1. The first-order valence-corrected chi connectivity index (χ1v) is 9.85. The molecular weight excluding hydrogens is 374 g/mol. The molecule has 0 saturated heterocycles. The zero-order chi connectivity index (χ0) is 21.3. The number of benzene rings is 2. The zero-order valence-corrected chi connectivity index (χ0v) is 17.3. The zero-order valence-electron chi connectivity index (χ0n) is 17.3. The molecule has 0 spiro atoms. The molecule has 0 unspecified atom stereocenters. The van der Waals surface area contributed by atoms with Crippen LogP contribution in [0.25, 0.3) is 5.57 Å². The highest BCUT2D eigenvalue weighted by atomic mass is 16.2. The molecule has 2 heterocycles. The Hall–Kier alpha value is -3.73. The van der Waals surface area contributed by atoms with Gasteiger partial charge in [0.25, 0.3) is 11.8 Å². The minimum Gasteiger partial charge on any atom is -0.350 e. The van der Waals surface area contributed by atoms with Gasteiger partial charge in [0.15, 0.2) is 0 Å². The van der Waals surface area contributed by atoms with Crippen molar-refractivity contribution in [2.24, 2.45) is 0 Å². The quantitative estimate of drug-likeness (QED) is 0.648. The number of hydrogen-bond acceptors (Lipinski definition) is 4. The lowest BCUT2D eigenvalue weighted by Gasteiger charge is -2.15. The van der Waals surface area contributed by atoms with Crippen LogP contribution in [0.1, 0.15) is 27.8 Å². The van der Waals surface area contributed by atoms with Gasteiger partial charge in [-0.3, -0.25) is 19.5 Å². The second-order valence-corrected chi connectivity index (χ2v) is 7.60. The molecule has 5 nitrogen and oxygen atoms in total. The molecule has 1 aliphatic heterocycles. The standard InChI is InChI=1S/C25H23N3O2/c1-16-6-9-20(10-7-16)22-23(27-21-11-8-17(2)18(3)13-21)25(30)28(24(22)29)15-19-5-4-12-26-14-19/h4-14,27H,15H2,1-3H3. The number of pyridine rings is 1. The van der Waals surface area contributed by atoms with Gasteiger partial charge in [-0.15, -0.1) is 0 Å². The normalized spacial score (nSPS) is 13.9. The van der Waals surface area contributed by atoms with E-state index in [0.717, 1.165) is 27.9 Å². The monoisotopic (exact) mass is 397 g/mol. The molecule has 2 aromatic carbocycles. The molecule has 30 heavy (non-hydrogen) atoms. The fourth-order valence-corrected chi connectivity index (χ4v) is 3.46. The molecule has 1 aliphatic rings. The highest BCUT2D eigenvalue weighted by Crippen LogP contribution is 2.32. The van der Waals surface area contributed by atoms with Gasteiger partial charge in [-0.05, 0) is 61.2 Å². The molecule has 5 heteroatoms. The molecule has 0 fully saturated rings. The summed E-state index contributed by atoms with van der Waals surface area (Å²) >= 11 is 0. The van der Waals surface area contributed by atoms with Crippen LogP contribution < -0.4 is 5.32 Å². The van der Waals surface area contributed by atoms with Crippen molar-refractivity contribution in [2.45, 2.75) is 27.3 Å². The summed E-state index contributed by atoms with van der Waals surface area (Å²) in [5.41, 5.74) is 6.36. The van der Waals surface area contributed by atoms with Crippen LogP contribution in [-0.4, -0.2) is 21.7 Å². The molecule has 0 aliphatic carbocycles. The van der Waals surface area contributed by atoms with E-state index in [-0.39, 0.29) is 18.4 Å². The van der Waals surface area contributed by atoms with Crippen LogP contribution >= 0.6 is 0 Å². The molecule has 1 aromatic heterocycles. The minimum absolute atomic E-state index is 0.180. The van der Waals surface area contributed by atoms with Gasteiger partial charge in [0, 0.05) is 18.1 Å². The molecule has 0 radical (unpaired) electrons. The van der Waals surface area contributed by atoms with Gasteiger partial charge in [-0.25, -0.2) is 0 Å². The first-order chi connectivity index (χ1) is 14.4. The van der Waals surface area contributed by atoms with E-state index < -0.39 is 0 Å². The van der Waals surface area contributed by atoms with Gasteiger partial charge >= 0.3 is 0 Å². The Kier molecular flexibility index (Phi) is 5.19. The van der Waals surface area contributed by atoms with E-state index in [1.807, 2.05) is 69.3 Å². The van der Waals surface area contributed by atoms with Crippen LogP contribution in [0.2, 0.25) is 0 Å². The summed E-state index contributed by atoms with van der Waals surface area (Å²) in [4.78, 5) is 32.0.